The number of benzene rings is 1. The predicted molar refractivity (Wildman–Crippen MR) is 80.8 cm³/mol. The molecule has 0 saturated carbocycles. The molecule has 1 saturated heterocycles. The Labute approximate surface area is 137 Å². The number of methoxy groups -OCH3 is 1. The molecule has 0 amide bonds. The van der Waals surface area contributed by atoms with E-state index in [2.05, 4.69) is 9.72 Å². The van der Waals surface area contributed by atoms with Gasteiger partial charge in [-0.15, -0.1) is 0 Å². The molecule has 1 atom stereocenters. The number of carbonyl (C=O) groups excluding carboxylic acids is 2. The topological polar surface area (TPSA) is 102 Å². The van der Waals surface area contributed by atoms with Gasteiger partial charge in [-0.25, -0.2) is 14.6 Å². The van der Waals surface area contributed by atoms with Crippen LogP contribution in [0.5, 0.6) is 0 Å². The highest BCUT2D eigenvalue weighted by atomic mass is 16.6. The van der Waals surface area contributed by atoms with Crippen LogP contribution in [0.15, 0.2) is 24.3 Å². The smallest absolute Gasteiger partial charge is 0.406 e. The van der Waals surface area contributed by atoms with Crippen LogP contribution in [0.3, 0.4) is 0 Å². The normalized spacial score (nSPS) is 17.0. The summed E-state index contributed by atoms with van der Waals surface area (Å²) in [6.07, 6.45) is 0.781. The highest BCUT2D eigenvalue weighted by Gasteiger charge is 2.30. The van der Waals surface area contributed by atoms with Crippen molar-refractivity contribution >= 4 is 23.0 Å². The third-order valence-electron chi connectivity index (χ3n) is 3.75. The second kappa shape index (κ2) is 6.79. The first-order valence-electron chi connectivity index (χ1n) is 7.49. The SMILES string of the molecule is COC(=O)c1c(COC(=O)C2CCCO2)nc2ccccc2[n+]1[O-]. The molecule has 1 aliphatic heterocycles. The van der Waals surface area contributed by atoms with E-state index in [9.17, 15) is 14.8 Å². The Morgan fingerprint density at radius 1 is 1.42 bits per heavy atom. The Balaban J connectivity index is 1.92. The Kier molecular flexibility index (Phi) is 4.57. The van der Waals surface area contributed by atoms with E-state index in [-0.39, 0.29) is 23.5 Å². The van der Waals surface area contributed by atoms with Crippen LogP contribution in [-0.2, 0) is 25.6 Å². The molecule has 1 aromatic carbocycles. The Morgan fingerprint density at radius 3 is 2.92 bits per heavy atom. The van der Waals surface area contributed by atoms with Gasteiger partial charge in [0.1, 0.15) is 12.1 Å². The van der Waals surface area contributed by atoms with Crippen molar-refractivity contribution in [1.82, 2.24) is 4.98 Å². The molecule has 1 fully saturated rings. The summed E-state index contributed by atoms with van der Waals surface area (Å²) >= 11 is 0. The van der Waals surface area contributed by atoms with Crippen molar-refractivity contribution in [1.29, 1.82) is 0 Å². The zero-order valence-electron chi connectivity index (χ0n) is 13.1. The zero-order chi connectivity index (χ0) is 17.1. The van der Waals surface area contributed by atoms with Gasteiger partial charge in [0.25, 0.3) is 0 Å². The van der Waals surface area contributed by atoms with Crippen molar-refractivity contribution < 1.29 is 28.5 Å². The summed E-state index contributed by atoms with van der Waals surface area (Å²) in [5.41, 5.74) is 0.369. The number of hydrogen-bond donors (Lipinski definition) is 0. The molecule has 3 rings (SSSR count). The first kappa shape index (κ1) is 16.1. The molecule has 1 aromatic heterocycles. The average molecular weight is 332 g/mol. The van der Waals surface area contributed by atoms with Gasteiger partial charge in [0.05, 0.1) is 7.11 Å². The average Bonchev–Trinajstić information content (AvgIpc) is 3.14. The lowest BCUT2D eigenvalue weighted by molar-refractivity contribution is -0.581. The minimum atomic E-state index is -0.841. The summed E-state index contributed by atoms with van der Waals surface area (Å²) in [7, 11) is 1.17. The molecule has 1 unspecified atom stereocenters. The number of aromatic nitrogens is 2. The minimum Gasteiger partial charge on any atom is -0.618 e. The van der Waals surface area contributed by atoms with Crippen LogP contribution < -0.4 is 4.73 Å². The fourth-order valence-corrected chi connectivity index (χ4v) is 2.56. The van der Waals surface area contributed by atoms with E-state index >= 15 is 0 Å². The van der Waals surface area contributed by atoms with Crippen LogP contribution in [0.4, 0.5) is 0 Å². The lowest BCUT2D eigenvalue weighted by atomic mass is 10.2. The van der Waals surface area contributed by atoms with E-state index in [0.29, 0.717) is 23.3 Å². The second-order valence-electron chi connectivity index (χ2n) is 5.29. The largest absolute Gasteiger partial charge is 0.618 e. The van der Waals surface area contributed by atoms with Crippen LogP contribution >= 0.6 is 0 Å². The molecule has 0 N–H and O–H groups in total. The van der Waals surface area contributed by atoms with Crippen LogP contribution in [0.1, 0.15) is 29.0 Å². The number of rotatable bonds is 4. The predicted octanol–water partition coefficient (Wildman–Crippen LogP) is 0.877. The van der Waals surface area contributed by atoms with E-state index in [1.807, 2.05) is 0 Å². The van der Waals surface area contributed by atoms with Crippen molar-refractivity contribution in [2.24, 2.45) is 0 Å². The van der Waals surface area contributed by atoms with Gasteiger partial charge in [0.2, 0.25) is 5.52 Å². The van der Waals surface area contributed by atoms with Crippen molar-refractivity contribution in [2.45, 2.75) is 25.6 Å². The number of hydrogen-bond acceptors (Lipinski definition) is 7. The van der Waals surface area contributed by atoms with Gasteiger partial charge in [-0.05, 0) is 18.9 Å². The maximum atomic E-state index is 12.5. The third kappa shape index (κ3) is 3.00. The van der Waals surface area contributed by atoms with Crippen LogP contribution in [-0.4, -0.2) is 36.7 Å². The maximum Gasteiger partial charge on any atom is 0.406 e. The number of esters is 2. The molecule has 0 radical (unpaired) electrons. The standard InChI is InChI=1S/C16H16N2O6/c1-22-16(20)14-11(9-24-15(19)13-7-4-8-23-13)17-10-5-2-3-6-12(10)18(14)21/h2-3,5-6,13H,4,7-9H2,1H3. The first-order chi connectivity index (χ1) is 11.6. The van der Waals surface area contributed by atoms with Gasteiger partial charge >= 0.3 is 17.6 Å². The molecule has 24 heavy (non-hydrogen) atoms. The maximum absolute atomic E-state index is 12.5. The van der Waals surface area contributed by atoms with Crippen LogP contribution in [0.25, 0.3) is 11.0 Å². The molecule has 2 aromatic rings. The van der Waals surface area contributed by atoms with Crippen molar-refractivity contribution in [3.8, 4) is 0 Å². The number of carbonyl (C=O) groups is 2. The van der Waals surface area contributed by atoms with Crippen molar-refractivity contribution in [3.05, 3.63) is 40.9 Å². The third-order valence-corrected chi connectivity index (χ3v) is 3.75. The van der Waals surface area contributed by atoms with E-state index in [1.165, 1.54) is 7.11 Å². The van der Waals surface area contributed by atoms with E-state index in [4.69, 9.17) is 9.47 Å². The molecule has 0 aliphatic carbocycles. The quantitative estimate of drug-likeness (QED) is 0.465. The highest BCUT2D eigenvalue weighted by Crippen LogP contribution is 2.16. The van der Waals surface area contributed by atoms with Gasteiger partial charge in [-0.3, -0.25) is 0 Å². The molecular weight excluding hydrogens is 316 g/mol. The molecule has 0 spiro atoms. The molecule has 2 heterocycles. The van der Waals surface area contributed by atoms with Crippen molar-refractivity contribution in [3.63, 3.8) is 0 Å². The molecule has 126 valence electrons. The fourth-order valence-electron chi connectivity index (χ4n) is 2.56. The summed E-state index contributed by atoms with van der Waals surface area (Å²) < 4.78 is 15.5. The molecule has 0 bridgehead atoms. The second-order valence-corrected chi connectivity index (χ2v) is 5.29. The summed E-state index contributed by atoms with van der Waals surface area (Å²) in [5.74, 6) is -1.37. The Morgan fingerprint density at radius 2 is 2.21 bits per heavy atom. The summed E-state index contributed by atoms with van der Waals surface area (Å²) in [4.78, 5) is 28.2. The summed E-state index contributed by atoms with van der Waals surface area (Å²) in [6, 6.07) is 6.56. The van der Waals surface area contributed by atoms with Gasteiger partial charge in [-0.1, -0.05) is 12.1 Å². The van der Waals surface area contributed by atoms with E-state index in [0.717, 1.165) is 6.42 Å². The number of fused-ring (bicyclic) bond motifs is 1. The number of para-hydroxylation sites is 2. The monoisotopic (exact) mass is 332 g/mol. The number of ether oxygens (including phenoxy) is 3. The summed E-state index contributed by atoms with van der Waals surface area (Å²) in [5, 5.41) is 12.5. The number of nitrogens with zero attached hydrogens (tertiary/aromatic N) is 2. The van der Waals surface area contributed by atoms with E-state index < -0.39 is 18.0 Å². The lowest BCUT2D eigenvalue weighted by Crippen LogP contribution is -2.38. The van der Waals surface area contributed by atoms with Gasteiger partial charge < -0.3 is 19.4 Å². The van der Waals surface area contributed by atoms with Crippen LogP contribution in [0, 0.1) is 5.21 Å². The lowest BCUT2D eigenvalue weighted by Gasteiger charge is -2.12. The molecule has 8 nitrogen and oxygen atoms in total. The van der Waals surface area contributed by atoms with Crippen LogP contribution in [0.2, 0.25) is 0 Å². The van der Waals surface area contributed by atoms with E-state index in [1.54, 1.807) is 24.3 Å². The molecular formula is C16H16N2O6. The van der Waals surface area contributed by atoms with Crippen molar-refractivity contribution in [2.75, 3.05) is 13.7 Å². The Bertz CT molecular complexity index is 785. The highest BCUT2D eigenvalue weighted by molar-refractivity contribution is 5.88. The Hall–Kier alpha value is -2.74. The first-order valence-corrected chi connectivity index (χ1v) is 7.49. The van der Waals surface area contributed by atoms with Gasteiger partial charge in [0, 0.05) is 12.7 Å². The molecule has 1 aliphatic rings. The molecule has 8 heteroatoms. The fraction of sp³-hybridized carbons (Fsp3) is 0.375. The zero-order valence-corrected chi connectivity index (χ0v) is 13.1. The van der Waals surface area contributed by atoms with Gasteiger partial charge in [0.15, 0.2) is 11.8 Å². The minimum absolute atomic E-state index is 0.0434. The van der Waals surface area contributed by atoms with Gasteiger partial charge in [-0.2, -0.15) is 4.73 Å². The summed E-state index contributed by atoms with van der Waals surface area (Å²) in [6.45, 7) is 0.207.